The van der Waals surface area contributed by atoms with Crippen molar-refractivity contribution in [2.75, 3.05) is 25.2 Å². The van der Waals surface area contributed by atoms with Crippen molar-refractivity contribution >= 4 is 11.6 Å². The number of methoxy groups -OCH3 is 1. The third kappa shape index (κ3) is 4.82. The van der Waals surface area contributed by atoms with Crippen molar-refractivity contribution in [1.29, 1.82) is 5.26 Å². The van der Waals surface area contributed by atoms with Gasteiger partial charge in [0.25, 0.3) is 5.91 Å². The molecule has 0 bridgehead atoms. The lowest BCUT2D eigenvalue weighted by molar-refractivity contribution is 0.0996. The number of carbonyl (C=O) groups excluding carboxylic acids is 1. The minimum atomic E-state index is -0.856. The number of nitrogens with two attached hydrogens (primary N) is 1. The monoisotopic (exact) mass is 540 g/mol. The molecule has 40 heavy (non-hydrogen) atoms. The first-order valence-corrected chi connectivity index (χ1v) is 12.4. The quantitative estimate of drug-likeness (QED) is 0.320. The molecular weight excluding hydrogens is 515 g/mol. The van der Waals surface area contributed by atoms with E-state index in [9.17, 15) is 24.7 Å². The van der Waals surface area contributed by atoms with Crippen molar-refractivity contribution < 1.29 is 24.1 Å². The molecule has 0 radical (unpaired) electrons. The lowest BCUT2D eigenvalue weighted by atomic mass is 9.95. The maximum Gasteiger partial charge on any atom is 0.268 e. The summed E-state index contributed by atoms with van der Waals surface area (Å²) in [5.41, 5.74) is 8.63. The van der Waals surface area contributed by atoms with E-state index in [-0.39, 0.29) is 41.5 Å². The van der Waals surface area contributed by atoms with Crippen molar-refractivity contribution in [3.63, 3.8) is 0 Å². The SMILES string of the molecule is COc1cccc(F)c1-c1ncc(-c2ccc(-c3ccncc3C#N)cc2N2C[C@@H](O)C[C@H]2CO)c(C(N)=O)n1. The van der Waals surface area contributed by atoms with Crippen molar-refractivity contribution in [2.45, 2.75) is 18.6 Å². The number of benzene rings is 2. The van der Waals surface area contributed by atoms with Crippen LogP contribution in [0.5, 0.6) is 5.75 Å². The van der Waals surface area contributed by atoms with Crippen molar-refractivity contribution in [3.05, 3.63) is 78.1 Å². The van der Waals surface area contributed by atoms with Crippen LogP contribution >= 0.6 is 0 Å². The van der Waals surface area contributed by atoms with Crippen LogP contribution in [-0.4, -0.2) is 63.5 Å². The average molecular weight is 541 g/mol. The van der Waals surface area contributed by atoms with E-state index >= 15 is 0 Å². The Morgan fingerprint density at radius 1 is 1.23 bits per heavy atom. The first kappa shape index (κ1) is 26.7. The van der Waals surface area contributed by atoms with Gasteiger partial charge in [0, 0.05) is 47.5 Å². The Labute approximate surface area is 229 Å². The van der Waals surface area contributed by atoms with Gasteiger partial charge in [0.1, 0.15) is 23.3 Å². The number of aliphatic hydroxyl groups is 2. The van der Waals surface area contributed by atoms with Gasteiger partial charge in [-0.3, -0.25) is 9.78 Å². The molecule has 0 spiro atoms. The standard InChI is InChI=1S/C29H25FN6O4/c1-40-25-4-2-3-23(30)26(25)29-34-13-22(27(35-29)28(32)39)21-6-5-16(20-7-8-33-12-17(20)11-31)9-24(21)36-14-19(38)10-18(36)15-37/h2-9,12-13,18-19,37-38H,10,14-15H2,1H3,(H2,32,39)/t18-,19-/m0/s1. The lowest BCUT2D eigenvalue weighted by Gasteiger charge is -2.28. The van der Waals surface area contributed by atoms with Crippen molar-refractivity contribution in [2.24, 2.45) is 5.73 Å². The number of carbonyl (C=O) groups is 1. The van der Waals surface area contributed by atoms with Gasteiger partial charge in [0.15, 0.2) is 5.82 Å². The Morgan fingerprint density at radius 3 is 2.77 bits per heavy atom. The molecule has 4 N–H and O–H groups in total. The van der Waals surface area contributed by atoms with E-state index in [0.717, 1.165) is 0 Å². The van der Waals surface area contributed by atoms with Gasteiger partial charge in [-0.2, -0.15) is 5.26 Å². The van der Waals surface area contributed by atoms with Crippen molar-refractivity contribution in [1.82, 2.24) is 15.0 Å². The minimum Gasteiger partial charge on any atom is -0.496 e. The number of anilines is 1. The van der Waals surface area contributed by atoms with Gasteiger partial charge in [-0.05, 0) is 36.2 Å². The smallest absolute Gasteiger partial charge is 0.268 e. The van der Waals surface area contributed by atoms with Gasteiger partial charge < -0.3 is 25.6 Å². The van der Waals surface area contributed by atoms with E-state index in [1.54, 1.807) is 30.5 Å². The second-order valence-corrected chi connectivity index (χ2v) is 9.28. The summed E-state index contributed by atoms with van der Waals surface area (Å²) in [6.07, 6.45) is 4.08. The zero-order chi connectivity index (χ0) is 28.4. The van der Waals surface area contributed by atoms with Crippen LogP contribution in [0.4, 0.5) is 10.1 Å². The number of primary amides is 1. The van der Waals surface area contributed by atoms with Gasteiger partial charge in [-0.25, -0.2) is 14.4 Å². The van der Waals surface area contributed by atoms with Crippen LogP contribution in [0.3, 0.4) is 0 Å². The molecule has 0 unspecified atom stereocenters. The van der Waals surface area contributed by atoms with Crippen LogP contribution in [0.1, 0.15) is 22.5 Å². The maximum atomic E-state index is 14.8. The number of amides is 1. The molecule has 2 atom stereocenters. The Balaban J connectivity index is 1.72. The zero-order valence-electron chi connectivity index (χ0n) is 21.5. The summed E-state index contributed by atoms with van der Waals surface area (Å²) < 4.78 is 20.0. The Bertz CT molecular complexity index is 1640. The molecule has 1 amide bonds. The van der Waals surface area contributed by atoms with E-state index < -0.39 is 23.9 Å². The van der Waals surface area contributed by atoms with Crippen LogP contribution in [0.25, 0.3) is 33.6 Å². The summed E-state index contributed by atoms with van der Waals surface area (Å²) in [6, 6.07) is 13.0. The zero-order valence-corrected chi connectivity index (χ0v) is 21.5. The number of β-amino-alcohol motifs (C(OH)–C–C–N with tert-alkyl or cyclic N) is 1. The second-order valence-electron chi connectivity index (χ2n) is 9.28. The number of ether oxygens (including phenoxy) is 1. The summed E-state index contributed by atoms with van der Waals surface area (Å²) in [5, 5.41) is 30.1. The Morgan fingerprint density at radius 2 is 2.05 bits per heavy atom. The van der Waals surface area contributed by atoms with E-state index in [0.29, 0.717) is 34.4 Å². The van der Waals surface area contributed by atoms with E-state index in [2.05, 4.69) is 21.0 Å². The highest BCUT2D eigenvalue weighted by atomic mass is 19.1. The van der Waals surface area contributed by atoms with E-state index in [1.807, 2.05) is 11.0 Å². The number of hydrogen-bond donors (Lipinski definition) is 3. The number of pyridine rings is 1. The molecule has 1 saturated heterocycles. The molecule has 4 aromatic rings. The topological polar surface area (TPSA) is 158 Å². The molecule has 10 nitrogen and oxygen atoms in total. The number of halogens is 1. The van der Waals surface area contributed by atoms with Gasteiger partial charge in [-0.1, -0.05) is 18.2 Å². The second kappa shape index (κ2) is 11.1. The number of nitriles is 1. The highest BCUT2D eigenvalue weighted by Crippen LogP contribution is 2.40. The highest BCUT2D eigenvalue weighted by Gasteiger charge is 2.33. The molecule has 3 heterocycles. The fourth-order valence-corrected chi connectivity index (χ4v) is 5.04. The van der Waals surface area contributed by atoms with Gasteiger partial charge in [-0.15, -0.1) is 0 Å². The van der Waals surface area contributed by atoms with Gasteiger partial charge in [0.05, 0.1) is 37.0 Å². The molecule has 1 aliphatic heterocycles. The van der Waals surface area contributed by atoms with Crippen LogP contribution in [0, 0.1) is 17.1 Å². The Kier molecular flexibility index (Phi) is 7.37. The summed E-state index contributed by atoms with van der Waals surface area (Å²) in [6.45, 7) is 0.00499. The van der Waals surface area contributed by atoms with Crippen LogP contribution < -0.4 is 15.4 Å². The minimum absolute atomic E-state index is 0.0145. The summed E-state index contributed by atoms with van der Waals surface area (Å²) in [4.78, 5) is 27.2. The number of hydrogen-bond acceptors (Lipinski definition) is 9. The molecule has 2 aromatic heterocycles. The molecular formula is C29H25FN6O4. The van der Waals surface area contributed by atoms with Crippen molar-refractivity contribution in [3.8, 4) is 45.5 Å². The summed E-state index contributed by atoms with van der Waals surface area (Å²) in [5.74, 6) is -1.37. The summed E-state index contributed by atoms with van der Waals surface area (Å²) >= 11 is 0. The Hall–Kier alpha value is -4.92. The first-order chi connectivity index (χ1) is 19.4. The predicted octanol–water partition coefficient (Wildman–Crippen LogP) is 2.92. The van der Waals surface area contributed by atoms with Crippen LogP contribution in [-0.2, 0) is 0 Å². The molecule has 11 heteroatoms. The lowest BCUT2D eigenvalue weighted by Crippen LogP contribution is -2.33. The fraction of sp³-hybridized carbons (Fsp3) is 0.207. The molecule has 0 aliphatic carbocycles. The number of aliphatic hydroxyl groups excluding tert-OH is 2. The molecule has 0 saturated carbocycles. The average Bonchev–Trinajstić information content (AvgIpc) is 3.36. The number of rotatable bonds is 7. The molecule has 1 aliphatic rings. The van der Waals surface area contributed by atoms with E-state index in [4.69, 9.17) is 10.5 Å². The first-order valence-electron chi connectivity index (χ1n) is 12.4. The molecule has 1 fully saturated rings. The molecule has 202 valence electrons. The van der Waals surface area contributed by atoms with Crippen LogP contribution in [0.15, 0.2) is 61.1 Å². The van der Waals surface area contributed by atoms with E-state index in [1.165, 1.54) is 31.6 Å². The van der Waals surface area contributed by atoms with Gasteiger partial charge in [0.2, 0.25) is 0 Å². The maximum absolute atomic E-state index is 14.8. The highest BCUT2D eigenvalue weighted by molar-refractivity contribution is 6.00. The predicted molar refractivity (Wildman–Crippen MR) is 145 cm³/mol. The largest absolute Gasteiger partial charge is 0.496 e. The third-order valence-corrected chi connectivity index (χ3v) is 6.89. The number of nitrogens with zero attached hydrogens (tertiary/aromatic N) is 5. The fourth-order valence-electron chi connectivity index (χ4n) is 5.04. The third-order valence-electron chi connectivity index (χ3n) is 6.89. The summed E-state index contributed by atoms with van der Waals surface area (Å²) in [7, 11) is 1.39. The number of aromatic nitrogens is 3. The molecule has 5 rings (SSSR count). The van der Waals surface area contributed by atoms with Crippen LogP contribution in [0.2, 0.25) is 0 Å². The normalized spacial score (nSPS) is 16.5. The van der Waals surface area contributed by atoms with Gasteiger partial charge >= 0.3 is 0 Å². The molecule has 2 aromatic carbocycles.